The number of nitrogens with zero attached hydrogens (tertiary/aromatic N) is 2. The normalized spacial score (nSPS) is 12.2. The van der Waals surface area contributed by atoms with Gasteiger partial charge in [0.2, 0.25) is 5.82 Å². The first kappa shape index (κ1) is 9.90. The summed E-state index contributed by atoms with van der Waals surface area (Å²) in [6, 6.07) is 0. The average molecular weight is 236 g/mol. The van der Waals surface area contributed by atoms with Crippen LogP contribution in [0.1, 0.15) is 5.82 Å². The van der Waals surface area contributed by atoms with Crippen molar-refractivity contribution < 1.29 is 13.2 Å². The number of alkyl halides is 3. The standard InChI is InChI=1S/C6H3F3N4OS/c7-6(8,9)4-11-2-1(3(14)13-4)15-5(10)12-2/h(H3,10,11,12,13,14). The van der Waals surface area contributed by atoms with Gasteiger partial charge in [-0.2, -0.15) is 13.2 Å². The third kappa shape index (κ3) is 1.65. The summed E-state index contributed by atoms with van der Waals surface area (Å²) in [6.07, 6.45) is -4.70. The molecule has 0 radical (unpaired) electrons. The molecule has 2 aromatic rings. The molecule has 0 aromatic carbocycles. The topological polar surface area (TPSA) is 84.7 Å². The van der Waals surface area contributed by atoms with Crippen molar-refractivity contribution in [3.05, 3.63) is 16.2 Å². The number of rotatable bonds is 0. The Morgan fingerprint density at radius 2 is 2.00 bits per heavy atom. The summed E-state index contributed by atoms with van der Waals surface area (Å²) in [7, 11) is 0. The van der Waals surface area contributed by atoms with Gasteiger partial charge in [-0.25, -0.2) is 9.97 Å². The number of anilines is 1. The third-order valence-corrected chi connectivity index (χ3v) is 2.42. The van der Waals surface area contributed by atoms with Crippen molar-refractivity contribution in [3.8, 4) is 0 Å². The van der Waals surface area contributed by atoms with Gasteiger partial charge >= 0.3 is 6.18 Å². The quantitative estimate of drug-likeness (QED) is 0.714. The second-order valence-electron chi connectivity index (χ2n) is 2.62. The summed E-state index contributed by atoms with van der Waals surface area (Å²) >= 11 is 0.791. The maximum atomic E-state index is 12.2. The van der Waals surface area contributed by atoms with E-state index in [0.29, 0.717) is 0 Å². The van der Waals surface area contributed by atoms with Gasteiger partial charge in [0, 0.05) is 0 Å². The van der Waals surface area contributed by atoms with Gasteiger partial charge in [0.1, 0.15) is 4.70 Å². The highest BCUT2D eigenvalue weighted by Gasteiger charge is 2.34. The number of nitrogens with one attached hydrogen (secondary N) is 1. The minimum atomic E-state index is -4.70. The Labute approximate surface area is 83.8 Å². The smallest absolute Gasteiger partial charge is 0.375 e. The zero-order valence-electron chi connectivity index (χ0n) is 6.92. The number of nitrogens with two attached hydrogens (primary N) is 1. The van der Waals surface area contributed by atoms with Crippen molar-refractivity contribution in [3.63, 3.8) is 0 Å². The Balaban J connectivity index is 2.78. The van der Waals surface area contributed by atoms with Crippen LogP contribution in [0.3, 0.4) is 0 Å². The van der Waals surface area contributed by atoms with Crippen molar-refractivity contribution in [1.29, 1.82) is 0 Å². The van der Waals surface area contributed by atoms with E-state index in [9.17, 15) is 18.0 Å². The first-order valence-corrected chi connectivity index (χ1v) is 4.43. The first-order chi connectivity index (χ1) is 6.88. The Bertz CT molecular complexity index is 572. The van der Waals surface area contributed by atoms with Crippen LogP contribution in [0.15, 0.2) is 4.79 Å². The molecule has 0 aliphatic carbocycles. The van der Waals surface area contributed by atoms with Gasteiger partial charge in [0.05, 0.1) is 0 Å². The van der Waals surface area contributed by atoms with Gasteiger partial charge in [-0.05, 0) is 0 Å². The van der Waals surface area contributed by atoms with Crippen LogP contribution < -0.4 is 11.3 Å². The molecule has 0 atom stereocenters. The summed E-state index contributed by atoms with van der Waals surface area (Å²) in [6.45, 7) is 0. The fraction of sp³-hybridized carbons (Fsp3) is 0.167. The fourth-order valence-electron chi connectivity index (χ4n) is 0.984. The van der Waals surface area contributed by atoms with Gasteiger partial charge in [-0.1, -0.05) is 11.3 Å². The molecule has 0 fully saturated rings. The minimum absolute atomic E-state index is 0.00215. The lowest BCUT2D eigenvalue weighted by Gasteiger charge is -2.03. The van der Waals surface area contributed by atoms with E-state index in [2.05, 4.69) is 9.97 Å². The minimum Gasteiger partial charge on any atom is -0.375 e. The van der Waals surface area contributed by atoms with Crippen molar-refractivity contribution in [1.82, 2.24) is 15.0 Å². The highest BCUT2D eigenvalue weighted by atomic mass is 32.1. The Morgan fingerprint density at radius 1 is 1.33 bits per heavy atom. The number of aromatic nitrogens is 3. The molecule has 15 heavy (non-hydrogen) atoms. The molecule has 0 saturated carbocycles. The Morgan fingerprint density at radius 3 is 2.60 bits per heavy atom. The highest BCUT2D eigenvalue weighted by molar-refractivity contribution is 7.21. The maximum Gasteiger partial charge on any atom is 0.449 e. The zero-order valence-corrected chi connectivity index (χ0v) is 7.74. The van der Waals surface area contributed by atoms with E-state index in [4.69, 9.17) is 5.73 Å². The van der Waals surface area contributed by atoms with Gasteiger partial charge in [-0.3, -0.25) is 4.79 Å². The number of halogens is 3. The van der Waals surface area contributed by atoms with E-state index in [-0.39, 0.29) is 15.5 Å². The molecule has 0 aliphatic rings. The van der Waals surface area contributed by atoms with Crippen LogP contribution >= 0.6 is 11.3 Å². The zero-order chi connectivity index (χ0) is 11.2. The highest BCUT2D eigenvalue weighted by Crippen LogP contribution is 2.27. The van der Waals surface area contributed by atoms with Crippen molar-refractivity contribution >= 4 is 26.8 Å². The van der Waals surface area contributed by atoms with Crippen LogP contribution in [-0.4, -0.2) is 15.0 Å². The number of fused-ring (bicyclic) bond motifs is 1. The predicted molar refractivity (Wildman–Crippen MR) is 47.5 cm³/mol. The molecule has 3 N–H and O–H groups in total. The number of aromatic amines is 1. The van der Waals surface area contributed by atoms with Crippen molar-refractivity contribution in [2.45, 2.75) is 6.18 Å². The Kier molecular flexibility index (Phi) is 1.93. The molecular weight excluding hydrogens is 233 g/mol. The summed E-state index contributed by atoms with van der Waals surface area (Å²) in [5, 5.41) is 0.00215. The molecule has 2 rings (SSSR count). The number of hydrogen-bond donors (Lipinski definition) is 2. The molecule has 0 spiro atoms. The van der Waals surface area contributed by atoms with Crippen LogP contribution in [0.5, 0.6) is 0 Å². The Hall–Kier alpha value is -1.64. The van der Waals surface area contributed by atoms with E-state index < -0.39 is 17.6 Å². The van der Waals surface area contributed by atoms with E-state index in [1.807, 2.05) is 0 Å². The number of hydrogen-bond acceptors (Lipinski definition) is 5. The van der Waals surface area contributed by atoms with Gasteiger partial charge in [0.15, 0.2) is 10.8 Å². The van der Waals surface area contributed by atoms with Gasteiger partial charge in [-0.15, -0.1) is 0 Å². The maximum absolute atomic E-state index is 12.2. The van der Waals surface area contributed by atoms with Gasteiger partial charge in [0.25, 0.3) is 5.56 Å². The van der Waals surface area contributed by atoms with Crippen LogP contribution in [0, 0.1) is 0 Å². The second kappa shape index (κ2) is 2.92. The van der Waals surface area contributed by atoms with Gasteiger partial charge < -0.3 is 10.7 Å². The number of H-pyrrole nitrogens is 1. The first-order valence-electron chi connectivity index (χ1n) is 3.61. The average Bonchev–Trinajstić information content (AvgIpc) is 2.44. The summed E-state index contributed by atoms with van der Waals surface area (Å²) in [4.78, 5) is 19.5. The van der Waals surface area contributed by atoms with E-state index in [1.54, 1.807) is 4.98 Å². The second-order valence-corrected chi connectivity index (χ2v) is 3.65. The summed E-state index contributed by atoms with van der Waals surface area (Å²) < 4.78 is 36.6. The molecule has 80 valence electrons. The monoisotopic (exact) mass is 236 g/mol. The molecule has 9 heteroatoms. The van der Waals surface area contributed by atoms with Crippen LogP contribution in [0.2, 0.25) is 0 Å². The SMILES string of the molecule is Nc1nc2nc(C(F)(F)F)[nH]c(=O)c2s1. The molecule has 5 nitrogen and oxygen atoms in total. The molecule has 2 aromatic heterocycles. The molecule has 0 aliphatic heterocycles. The van der Waals surface area contributed by atoms with Crippen molar-refractivity contribution in [2.75, 3.05) is 5.73 Å². The lowest BCUT2D eigenvalue weighted by molar-refractivity contribution is -0.144. The van der Waals surface area contributed by atoms with E-state index in [0.717, 1.165) is 11.3 Å². The van der Waals surface area contributed by atoms with E-state index >= 15 is 0 Å². The fourth-order valence-corrected chi connectivity index (χ4v) is 1.65. The molecule has 2 heterocycles. The largest absolute Gasteiger partial charge is 0.449 e. The van der Waals surface area contributed by atoms with E-state index in [1.165, 1.54) is 0 Å². The summed E-state index contributed by atoms with van der Waals surface area (Å²) in [5.74, 6) is -1.37. The number of nitrogen functional groups attached to an aromatic ring is 1. The molecular formula is C6H3F3N4OS. The molecule has 0 amide bonds. The lowest BCUT2D eigenvalue weighted by atomic mass is 10.5. The lowest BCUT2D eigenvalue weighted by Crippen LogP contribution is -2.18. The molecule has 0 saturated heterocycles. The summed E-state index contributed by atoms with van der Waals surface area (Å²) in [5.41, 5.74) is 4.08. The predicted octanol–water partition coefficient (Wildman–Crippen LogP) is 0.981. The third-order valence-electron chi connectivity index (χ3n) is 1.55. The number of thiazole rings is 1. The molecule has 0 bridgehead atoms. The van der Waals surface area contributed by atoms with Crippen LogP contribution in [0.4, 0.5) is 18.3 Å². The van der Waals surface area contributed by atoms with Crippen LogP contribution in [0.25, 0.3) is 10.3 Å². The molecule has 0 unspecified atom stereocenters. The van der Waals surface area contributed by atoms with Crippen LogP contribution in [-0.2, 0) is 6.18 Å². The van der Waals surface area contributed by atoms with Crippen molar-refractivity contribution in [2.24, 2.45) is 0 Å².